The Morgan fingerprint density at radius 1 is 0.909 bits per heavy atom. The minimum Gasteiger partial charge on any atom is -0.344 e. The molecule has 0 saturated heterocycles. The number of fused-ring (bicyclic) bond motifs is 2. The summed E-state index contributed by atoms with van der Waals surface area (Å²) in [6.07, 6.45) is 0. The van der Waals surface area contributed by atoms with Gasteiger partial charge >= 0.3 is 0 Å². The molecule has 1 aliphatic rings. The molecule has 5 heteroatoms. The maximum Gasteiger partial charge on any atom is 0.138 e. The van der Waals surface area contributed by atoms with Crippen molar-refractivity contribution in [1.29, 1.82) is 10.5 Å². The molecule has 3 rings (SSSR count). The molecule has 0 atom stereocenters. The van der Waals surface area contributed by atoms with Gasteiger partial charge in [-0.05, 0) is 36.4 Å². The van der Waals surface area contributed by atoms with Crippen LogP contribution in [0.1, 0.15) is 11.1 Å². The predicted octanol–water partition coefficient (Wildman–Crippen LogP) is 5.14. The quantitative estimate of drug-likeness (QED) is 0.560. The second-order valence-electron chi connectivity index (χ2n) is 4.86. The Bertz CT molecular complexity index is 830. The van der Waals surface area contributed by atoms with Crippen molar-refractivity contribution in [2.75, 3.05) is 11.9 Å². The standard InChI is InChI=1S/C17H9Br2N3/c1-22-15-4-2-11(18)6-13(15)17(10(8-20)9-21)14-7-12(19)3-5-16(14)22/h2-7H,1H3. The van der Waals surface area contributed by atoms with E-state index in [4.69, 9.17) is 0 Å². The first-order valence-corrected chi connectivity index (χ1v) is 8.03. The lowest BCUT2D eigenvalue weighted by Gasteiger charge is -2.32. The van der Waals surface area contributed by atoms with Gasteiger partial charge in [-0.15, -0.1) is 0 Å². The topological polar surface area (TPSA) is 50.8 Å². The van der Waals surface area contributed by atoms with Crippen molar-refractivity contribution in [3.8, 4) is 12.1 Å². The van der Waals surface area contributed by atoms with Crippen LogP contribution in [0.15, 0.2) is 50.9 Å². The molecule has 0 unspecified atom stereocenters. The Labute approximate surface area is 145 Å². The van der Waals surface area contributed by atoms with Crippen molar-refractivity contribution in [3.05, 3.63) is 62.0 Å². The molecular weight excluding hydrogens is 406 g/mol. The highest BCUT2D eigenvalue weighted by atomic mass is 79.9. The molecule has 3 nitrogen and oxygen atoms in total. The second kappa shape index (κ2) is 5.61. The molecular formula is C17H9Br2N3. The van der Waals surface area contributed by atoms with Crippen molar-refractivity contribution in [3.63, 3.8) is 0 Å². The van der Waals surface area contributed by atoms with Crippen LogP contribution in [-0.4, -0.2) is 7.05 Å². The number of hydrogen-bond acceptors (Lipinski definition) is 3. The van der Waals surface area contributed by atoms with Crippen LogP contribution in [0.5, 0.6) is 0 Å². The fourth-order valence-corrected chi connectivity index (χ4v) is 3.41. The third kappa shape index (κ3) is 2.23. The SMILES string of the molecule is CN1c2ccc(Br)cc2C(=C(C#N)C#N)c2cc(Br)ccc21. The van der Waals surface area contributed by atoms with E-state index in [9.17, 15) is 10.5 Å². The Morgan fingerprint density at radius 2 is 1.36 bits per heavy atom. The fourth-order valence-electron chi connectivity index (χ4n) is 2.68. The van der Waals surface area contributed by atoms with E-state index in [0.717, 1.165) is 31.4 Å². The van der Waals surface area contributed by atoms with E-state index in [2.05, 4.69) is 36.8 Å². The number of halogens is 2. The molecule has 2 aromatic rings. The zero-order valence-corrected chi connectivity index (χ0v) is 14.7. The van der Waals surface area contributed by atoms with Gasteiger partial charge < -0.3 is 4.90 Å². The number of allylic oxidation sites excluding steroid dienone is 1. The Morgan fingerprint density at radius 3 is 1.77 bits per heavy atom. The smallest absolute Gasteiger partial charge is 0.138 e. The highest BCUT2D eigenvalue weighted by Crippen LogP contribution is 2.46. The molecule has 1 aliphatic heterocycles. The lowest BCUT2D eigenvalue weighted by atomic mass is 9.87. The van der Waals surface area contributed by atoms with Gasteiger partial charge in [0.15, 0.2) is 0 Å². The number of benzene rings is 2. The van der Waals surface area contributed by atoms with E-state index in [-0.39, 0.29) is 5.57 Å². The lowest BCUT2D eigenvalue weighted by Crippen LogP contribution is -2.18. The average molecular weight is 415 g/mol. The van der Waals surface area contributed by atoms with Gasteiger partial charge in [-0.1, -0.05) is 31.9 Å². The second-order valence-corrected chi connectivity index (χ2v) is 6.69. The minimum absolute atomic E-state index is 0.117. The minimum atomic E-state index is 0.117. The van der Waals surface area contributed by atoms with E-state index in [1.54, 1.807) is 0 Å². The first-order valence-electron chi connectivity index (χ1n) is 6.45. The van der Waals surface area contributed by atoms with Crippen molar-refractivity contribution in [2.45, 2.75) is 0 Å². The fraction of sp³-hybridized carbons (Fsp3) is 0.0588. The summed E-state index contributed by atoms with van der Waals surface area (Å²) < 4.78 is 1.82. The molecule has 0 radical (unpaired) electrons. The van der Waals surface area contributed by atoms with Crippen LogP contribution in [0.25, 0.3) is 5.57 Å². The molecule has 22 heavy (non-hydrogen) atoms. The van der Waals surface area contributed by atoms with Crippen LogP contribution in [-0.2, 0) is 0 Å². The first-order chi connectivity index (χ1) is 10.6. The van der Waals surface area contributed by atoms with E-state index < -0.39 is 0 Å². The Hall–Kier alpha value is -2.08. The molecule has 0 N–H and O–H groups in total. The lowest BCUT2D eigenvalue weighted by molar-refractivity contribution is 1.17. The van der Waals surface area contributed by atoms with Gasteiger partial charge in [0.1, 0.15) is 17.7 Å². The zero-order valence-electron chi connectivity index (χ0n) is 11.6. The summed E-state index contributed by atoms with van der Waals surface area (Å²) in [5.74, 6) is 0. The molecule has 0 aromatic heterocycles. The van der Waals surface area contributed by atoms with Gasteiger partial charge in [0.05, 0.1) is 0 Å². The molecule has 2 aromatic carbocycles. The highest BCUT2D eigenvalue weighted by molar-refractivity contribution is 9.10. The summed E-state index contributed by atoms with van der Waals surface area (Å²) in [6.45, 7) is 0. The normalized spacial score (nSPS) is 12.0. The summed E-state index contributed by atoms with van der Waals surface area (Å²) in [5, 5.41) is 18.7. The maximum absolute atomic E-state index is 9.37. The van der Waals surface area contributed by atoms with Crippen LogP contribution >= 0.6 is 31.9 Å². The van der Waals surface area contributed by atoms with Gasteiger partial charge in [-0.2, -0.15) is 10.5 Å². The van der Waals surface area contributed by atoms with E-state index >= 15 is 0 Å². The van der Waals surface area contributed by atoms with Crippen LogP contribution in [0.2, 0.25) is 0 Å². The van der Waals surface area contributed by atoms with Gasteiger partial charge in [-0.3, -0.25) is 0 Å². The number of anilines is 2. The maximum atomic E-state index is 9.37. The van der Waals surface area contributed by atoms with Crippen LogP contribution in [0.3, 0.4) is 0 Å². The highest BCUT2D eigenvalue weighted by Gasteiger charge is 2.27. The molecule has 0 spiro atoms. The van der Waals surface area contributed by atoms with Gasteiger partial charge in [0, 0.05) is 44.1 Å². The van der Waals surface area contributed by atoms with Crippen molar-refractivity contribution < 1.29 is 0 Å². The largest absolute Gasteiger partial charge is 0.344 e. The van der Waals surface area contributed by atoms with Crippen LogP contribution < -0.4 is 4.90 Å². The zero-order chi connectivity index (χ0) is 15.9. The molecule has 0 amide bonds. The molecule has 0 saturated carbocycles. The number of nitrogens with zero attached hydrogens (tertiary/aromatic N) is 3. The van der Waals surface area contributed by atoms with E-state index in [0.29, 0.717) is 5.57 Å². The van der Waals surface area contributed by atoms with Crippen molar-refractivity contribution in [1.82, 2.24) is 0 Å². The summed E-state index contributed by atoms with van der Waals surface area (Å²) >= 11 is 6.94. The van der Waals surface area contributed by atoms with Crippen molar-refractivity contribution >= 4 is 48.8 Å². The van der Waals surface area contributed by atoms with Crippen LogP contribution in [0, 0.1) is 22.7 Å². The number of rotatable bonds is 0. The molecule has 0 fully saturated rings. The molecule has 0 bridgehead atoms. The summed E-state index contributed by atoms with van der Waals surface area (Å²) in [5.41, 5.74) is 4.48. The van der Waals surface area contributed by atoms with Gasteiger partial charge in [-0.25, -0.2) is 0 Å². The number of hydrogen-bond donors (Lipinski definition) is 0. The predicted molar refractivity (Wildman–Crippen MR) is 93.6 cm³/mol. The Kier molecular flexibility index (Phi) is 3.78. The summed E-state index contributed by atoms with van der Waals surface area (Å²) in [7, 11) is 1.98. The first kappa shape index (κ1) is 14.8. The van der Waals surface area contributed by atoms with E-state index in [1.165, 1.54) is 0 Å². The summed E-state index contributed by atoms with van der Waals surface area (Å²) in [6, 6.07) is 15.8. The molecule has 106 valence electrons. The van der Waals surface area contributed by atoms with Gasteiger partial charge in [0.2, 0.25) is 0 Å². The van der Waals surface area contributed by atoms with E-state index in [1.807, 2.05) is 55.6 Å². The van der Waals surface area contributed by atoms with Gasteiger partial charge in [0.25, 0.3) is 0 Å². The third-order valence-corrected chi connectivity index (χ3v) is 4.64. The molecule has 1 heterocycles. The monoisotopic (exact) mass is 413 g/mol. The molecule has 0 aliphatic carbocycles. The van der Waals surface area contributed by atoms with Crippen molar-refractivity contribution in [2.24, 2.45) is 0 Å². The summed E-state index contributed by atoms with van der Waals surface area (Å²) in [4.78, 5) is 2.07. The Balaban J connectivity index is 2.46. The van der Waals surface area contributed by atoms with Crippen LogP contribution in [0.4, 0.5) is 11.4 Å². The average Bonchev–Trinajstić information content (AvgIpc) is 2.51. The third-order valence-electron chi connectivity index (χ3n) is 3.65. The number of nitriles is 2.